The van der Waals surface area contributed by atoms with E-state index in [1.165, 1.54) is 48.2 Å². The highest BCUT2D eigenvalue weighted by Crippen LogP contribution is 2.37. The number of rotatable bonds is 10. The molecule has 3 rings (SSSR count). The fourth-order valence-electron chi connectivity index (χ4n) is 3.35. The van der Waals surface area contributed by atoms with Gasteiger partial charge in [-0.2, -0.15) is 0 Å². The lowest BCUT2D eigenvalue weighted by atomic mass is 9.91. The summed E-state index contributed by atoms with van der Waals surface area (Å²) in [7, 11) is 0. The summed E-state index contributed by atoms with van der Waals surface area (Å²) in [6, 6.07) is 20.4. The zero-order valence-electron chi connectivity index (χ0n) is 17.1. The van der Waals surface area contributed by atoms with Crippen molar-refractivity contribution in [3.8, 4) is 11.1 Å². The average Bonchev–Trinajstić information content (AvgIpc) is 2.78. The highest BCUT2D eigenvalue weighted by Gasteiger charge is 2.38. The van der Waals surface area contributed by atoms with Crippen molar-refractivity contribution in [1.29, 1.82) is 0 Å². The van der Waals surface area contributed by atoms with Gasteiger partial charge in [0.2, 0.25) is 0 Å². The summed E-state index contributed by atoms with van der Waals surface area (Å²) in [6.45, 7) is 0. The van der Waals surface area contributed by atoms with Gasteiger partial charge in [-0.1, -0.05) is 54.6 Å². The number of alkyl halides is 2. The summed E-state index contributed by atoms with van der Waals surface area (Å²) in [5.74, 6) is -6.31. The topological polar surface area (TPSA) is 57.5 Å². The molecule has 0 saturated carbocycles. The summed E-state index contributed by atoms with van der Waals surface area (Å²) in [6.07, 6.45) is -2.21. The first-order valence-electron chi connectivity index (χ1n) is 10.1. The Labute approximate surface area is 188 Å². The Balaban J connectivity index is 1.63. The maximum absolute atomic E-state index is 14.9. The molecule has 2 unspecified atom stereocenters. The van der Waals surface area contributed by atoms with Crippen molar-refractivity contribution >= 4 is 17.7 Å². The summed E-state index contributed by atoms with van der Waals surface area (Å²) >= 11 is 1.34. The van der Waals surface area contributed by atoms with Gasteiger partial charge in [-0.05, 0) is 41.8 Å². The van der Waals surface area contributed by atoms with Gasteiger partial charge in [-0.3, -0.25) is 4.79 Å². The molecule has 0 aromatic heterocycles. The standard InChI is InChI=1S/C25H23F3O3S/c26-21-12-8-18(9-13-21)17-6-10-20(11-7-17)25(27,28)15-19(24(30)31)14-22(29)16-32-23-4-2-1-3-5-23/h1-13,19,22,29H,14-16H2,(H,30,31). The predicted molar refractivity (Wildman–Crippen MR) is 119 cm³/mol. The summed E-state index contributed by atoms with van der Waals surface area (Å²) < 4.78 is 42.8. The highest BCUT2D eigenvalue weighted by atomic mass is 32.2. The Morgan fingerprint density at radius 3 is 2.03 bits per heavy atom. The van der Waals surface area contributed by atoms with Gasteiger partial charge in [-0.15, -0.1) is 11.8 Å². The highest BCUT2D eigenvalue weighted by molar-refractivity contribution is 7.99. The van der Waals surface area contributed by atoms with Crippen molar-refractivity contribution in [2.75, 3.05) is 5.75 Å². The molecule has 0 bridgehead atoms. The van der Waals surface area contributed by atoms with Gasteiger partial charge in [0.05, 0.1) is 12.0 Å². The van der Waals surface area contributed by atoms with Crippen LogP contribution in [-0.4, -0.2) is 28.0 Å². The molecule has 0 heterocycles. The molecule has 0 radical (unpaired) electrons. The Morgan fingerprint density at radius 1 is 0.906 bits per heavy atom. The molecule has 0 amide bonds. The lowest BCUT2D eigenvalue weighted by Gasteiger charge is -2.23. The number of hydrogen-bond acceptors (Lipinski definition) is 3. The largest absolute Gasteiger partial charge is 0.481 e. The molecule has 0 fully saturated rings. The third kappa shape index (κ3) is 6.61. The van der Waals surface area contributed by atoms with E-state index in [1.54, 1.807) is 12.1 Å². The van der Waals surface area contributed by atoms with Crippen LogP contribution in [0, 0.1) is 11.7 Å². The number of hydrogen-bond donors (Lipinski definition) is 2. The number of carboxylic acids is 1. The summed E-state index contributed by atoms with van der Waals surface area (Å²) in [5, 5.41) is 19.7. The minimum Gasteiger partial charge on any atom is -0.481 e. The molecular weight excluding hydrogens is 437 g/mol. The monoisotopic (exact) mass is 460 g/mol. The van der Waals surface area contributed by atoms with Crippen LogP contribution >= 0.6 is 11.8 Å². The first-order valence-corrected chi connectivity index (χ1v) is 11.1. The van der Waals surface area contributed by atoms with E-state index in [4.69, 9.17) is 0 Å². The number of aliphatic hydroxyl groups is 1. The summed E-state index contributed by atoms with van der Waals surface area (Å²) in [5.41, 5.74) is 1.03. The first-order chi connectivity index (χ1) is 15.2. The van der Waals surface area contributed by atoms with Crippen LogP contribution in [0.15, 0.2) is 83.8 Å². The van der Waals surface area contributed by atoms with Gasteiger partial charge < -0.3 is 10.2 Å². The molecule has 168 valence electrons. The Morgan fingerprint density at radius 2 is 1.47 bits per heavy atom. The molecule has 3 nitrogen and oxygen atoms in total. The number of thioether (sulfide) groups is 1. The van der Waals surface area contributed by atoms with Crippen LogP contribution in [-0.2, 0) is 10.7 Å². The fourth-order valence-corrected chi connectivity index (χ4v) is 4.22. The van der Waals surface area contributed by atoms with Crippen LogP contribution in [0.3, 0.4) is 0 Å². The van der Waals surface area contributed by atoms with E-state index in [0.29, 0.717) is 11.1 Å². The molecule has 7 heteroatoms. The van der Waals surface area contributed by atoms with Gasteiger partial charge in [0, 0.05) is 22.6 Å². The Bertz CT molecular complexity index is 1010. The minimum absolute atomic E-state index is 0.214. The van der Waals surface area contributed by atoms with Crippen LogP contribution in [0.25, 0.3) is 11.1 Å². The second-order valence-corrected chi connectivity index (χ2v) is 8.63. The normalized spacial score (nSPS) is 13.5. The van der Waals surface area contributed by atoms with Crippen molar-refractivity contribution in [3.63, 3.8) is 0 Å². The van der Waals surface area contributed by atoms with E-state index in [9.17, 15) is 28.2 Å². The van der Waals surface area contributed by atoms with E-state index >= 15 is 0 Å². The van der Waals surface area contributed by atoms with Crippen LogP contribution in [0.4, 0.5) is 13.2 Å². The van der Waals surface area contributed by atoms with Crippen LogP contribution in [0.2, 0.25) is 0 Å². The van der Waals surface area contributed by atoms with Crippen molar-refractivity contribution in [3.05, 3.63) is 90.2 Å². The molecular formula is C25H23F3O3S. The molecule has 0 aliphatic carbocycles. The van der Waals surface area contributed by atoms with Crippen LogP contribution in [0.1, 0.15) is 18.4 Å². The molecule has 2 atom stereocenters. The van der Waals surface area contributed by atoms with Crippen molar-refractivity contribution < 1.29 is 28.2 Å². The maximum atomic E-state index is 14.9. The lowest BCUT2D eigenvalue weighted by Crippen LogP contribution is -2.28. The number of aliphatic carboxylic acids is 1. The third-order valence-electron chi connectivity index (χ3n) is 5.08. The first kappa shape index (κ1) is 23.9. The van der Waals surface area contributed by atoms with Gasteiger partial charge >= 0.3 is 5.97 Å². The van der Waals surface area contributed by atoms with E-state index in [1.807, 2.05) is 30.3 Å². The molecule has 0 saturated heterocycles. The molecule has 32 heavy (non-hydrogen) atoms. The second kappa shape index (κ2) is 10.7. The number of aliphatic hydroxyl groups excluding tert-OH is 1. The summed E-state index contributed by atoms with van der Waals surface area (Å²) in [4.78, 5) is 12.5. The zero-order chi connectivity index (χ0) is 23.1. The molecule has 0 spiro atoms. The van der Waals surface area contributed by atoms with Crippen LogP contribution in [0.5, 0.6) is 0 Å². The number of benzene rings is 3. The van der Waals surface area contributed by atoms with Crippen molar-refractivity contribution in [1.82, 2.24) is 0 Å². The Kier molecular flexibility index (Phi) is 7.99. The number of carboxylic acid groups (broad SMARTS) is 1. The minimum atomic E-state index is -3.38. The van der Waals surface area contributed by atoms with Gasteiger partial charge in [0.25, 0.3) is 5.92 Å². The van der Waals surface area contributed by atoms with Crippen LogP contribution < -0.4 is 0 Å². The van der Waals surface area contributed by atoms with Crippen molar-refractivity contribution in [2.24, 2.45) is 5.92 Å². The van der Waals surface area contributed by atoms with Gasteiger partial charge in [0.15, 0.2) is 0 Å². The molecule has 2 N–H and O–H groups in total. The second-order valence-electron chi connectivity index (χ2n) is 7.54. The number of halogens is 3. The van der Waals surface area contributed by atoms with Crippen molar-refractivity contribution in [2.45, 2.75) is 29.8 Å². The van der Waals surface area contributed by atoms with E-state index in [-0.39, 0.29) is 23.6 Å². The SMILES string of the molecule is O=C(O)C(CC(O)CSc1ccccc1)CC(F)(F)c1ccc(-c2ccc(F)cc2)cc1. The quantitative estimate of drug-likeness (QED) is 0.353. The van der Waals surface area contributed by atoms with Gasteiger partial charge in [-0.25, -0.2) is 13.2 Å². The third-order valence-corrected chi connectivity index (χ3v) is 6.24. The molecule has 3 aromatic rings. The van der Waals surface area contributed by atoms with E-state index < -0.39 is 30.3 Å². The maximum Gasteiger partial charge on any atom is 0.306 e. The zero-order valence-corrected chi connectivity index (χ0v) is 17.9. The smallest absolute Gasteiger partial charge is 0.306 e. The fraction of sp³-hybridized carbons (Fsp3) is 0.240. The average molecular weight is 461 g/mol. The van der Waals surface area contributed by atoms with E-state index in [2.05, 4.69) is 0 Å². The van der Waals surface area contributed by atoms with Gasteiger partial charge in [0.1, 0.15) is 5.82 Å². The molecule has 0 aliphatic rings. The lowest BCUT2D eigenvalue weighted by molar-refractivity contribution is -0.147. The van der Waals surface area contributed by atoms with E-state index in [0.717, 1.165) is 4.90 Å². The molecule has 3 aromatic carbocycles. The Hall–Kier alpha value is -2.77. The predicted octanol–water partition coefficient (Wildman–Crippen LogP) is 6.22. The number of carbonyl (C=O) groups is 1. The molecule has 0 aliphatic heterocycles.